The van der Waals surface area contributed by atoms with E-state index in [0.29, 0.717) is 31.8 Å². The summed E-state index contributed by atoms with van der Waals surface area (Å²) in [5.74, 6) is -0.156. The molecule has 0 aliphatic carbocycles. The topological polar surface area (TPSA) is 83.2 Å². The van der Waals surface area contributed by atoms with Crippen molar-refractivity contribution in [2.75, 3.05) is 13.7 Å². The van der Waals surface area contributed by atoms with Crippen molar-refractivity contribution in [1.29, 1.82) is 0 Å². The Morgan fingerprint density at radius 2 is 2.07 bits per heavy atom. The lowest BCUT2D eigenvalue weighted by Gasteiger charge is -2.26. The second-order valence-electron chi connectivity index (χ2n) is 7.18. The lowest BCUT2D eigenvalue weighted by molar-refractivity contribution is -0.00903. The number of nitrogens with zero attached hydrogens (tertiary/aromatic N) is 4. The number of methoxy groups -OCH3 is 1. The number of fused-ring (bicyclic) bond motifs is 1. The van der Waals surface area contributed by atoms with E-state index in [0.717, 1.165) is 28.2 Å². The third-order valence-corrected chi connectivity index (χ3v) is 5.19. The zero-order chi connectivity index (χ0) is 19.7. The minimum absolute atomic E-state index is 0.0636. The summed E-state index contributed by atoms with van der Waals surface area (Å²) in [6, 6.07) is 0. The minimum Gasteiger partial charge on any atom is -0.383 e. The molecule has 2 atom stereocenters. The number of carbonyl (C=O) groups excluding carboxylic acids is 1. The molecule has 0 spiro atoms. The van der Waals surface area contributed by atoms with E-state index in [2.05, 4.69) is 15.5 Å². The van der Waals surface area contributed by atoms with Crippen LogP contribution < -0.4 is 5.32 Å². The Hall–Kier alpha value is -2.19. The van der Waals surface area contributed by atoms with Crippen molar-refractivity contribution >= 4 is 5.91 Å². The average Bonchev–Trinajstić information content (AvgIpc) is 3.08. The molecule has 0 radical (unpaired) electrons. The Bertz CT molecular complexity index is 839. The third-order valence-electron chi connectivity index (χ3n) is 5.19. The average molecular weight is 375 g/mol. The Morgan fingerprint density at radius 1 is 1.33 bits per heavy atom. The standard InChI is InChI=1S/C19H29N5O3/c1-11-9-15-17(22-23(5)18(15)14(4)27-11)19(25)20-10-16-12(2)21-24(13(16)3)7-8-26-6/h11,14H,7-10H2,1-6H3,(H,20,25)/t11-,14+/m0/s1. The lowest BCUT2D eigenvalue weighted by atomic mass is 9.99. The fraction of sp³-hybridized carbons (Fsp3) is 0.632. The molecule has 8 heteroatoms. The highest BCUT2D eigenvalue weighted by Gasteiger charge is 2.31. The van der Waals surface area contributed by atoms with Gasteiger partial charge in [-0.05, 0) is 27.7 Å². The molecular formula is C19H29N5O3. The number of hydrogen-bond acceptors (Lipinski definition) is 5. The molecule has 0 fully saturated rings. The second-order valence-corrected chi connectivity index (χ2v) is 7.18. The molecule has 1 aliphatic rings. The Morgan fingerprint density at radius 3 is 2.78 bits per heavy atom. The maximum Gasteiger partial charge on any atom is 0.272 e. The summed E-state index contributed by atoms with van der Waals surface area (Å²) in [6.07, 6.45) is 0.710. The fourth-order valence-corrected chi connectivity index (χ4v) is 3.86. The van der Waals surface area contributed by atoms with Crippen LogP contribution in [-0.2, 0) is 36.0 Å². The Balaban J connectivity index is 1.76. The molecule has 148 valence electrons. The maximum atomic E-state index is 12.8. The van der Waals surface area contributed by atoms with Crippen LogP contribution in [0.25, 0.3) is 0 Å². The summed E-state index contributed by atoms with van der Waals surface area (Å²) in [5, 5.41) is 12.0. The molecule has 0 saturated carbocycles. The quantitative estimate of drug-likeness (QED) is 0.833. The van der Waals surface area contributed by atoms with Crippen LogP contribution in [-0.4, -0.2) is 45.3 Å². The first-order chi connectivity index (χ1) is 12.8. The van der Waals surface area contributed by atoms with E-state index in [1.54, 1.807) is 11.8 Å². The zero-order valence-corrected chi connectivity index (χ0v) is 17.0. The van der Waals surface area contributed by atoms with E-state index >= 15 is 0 Å². The molecule has 0 bridgehead atoms. The smallest absolute Gasteiger partial charge is 0.272 e. The number of rotatable bonds is 6. The van der Waals surface area contributed by atoms with Gasteiger partial charge in [-0.2, -0.15) is 10.2 Å². The predicted molar refractivity (Wildman–Crippen MR) is 101 cm³/mol. The van der Waals surface area contributed by atoms with Crippen molar-refractivity contribution in [2.45, 2.75) is 59.4 Å². The van der Waals surface area contributed by atoms with E-state index < -0.39 is 0 Å². The molecule has 1 aliphatic heterocycles. The second kappa shape index (κ2) is 7.82. The van der Waals surface area contributed by atoms with Crippen molar-refractivity contribution in [3.63, 3.8) is 0 Å². The van der Waals surface area contributed by atoms with Crippen molar-refractivity contribution in [3.8, 4) is 0 Å². The first-order valence-electron chi connectivity index (χ1n) is 9.34. The maximum absolute atomic E-state index is 12.8. The summed E-state index contributed by atoms with van der Waals surface area (Å²) in [7, 11) is 3.53. The van der Waals surface area contributed by atoms with Gasteiger partial charge in [-0.25, -0.2) is 0 Å². The zero-order valence-electron chi connectivity index (χ0n) is 17.0. The first-order valence-corrected chi connectivity index (χ1v) is 9.34. The van der Waals surface area contributed by atoms with Gasteiger partial charge in [0.25, 0.3) is 5.91 Å². The SMILES string of the molecule is COCCn1nc(C)c(CNC(=O)c2nn(C)c3c2C[C@H](C)O[C@@H]3C)c1C. The molecule has 3 heterocycles. The number of hydrogen-bond donors (Lipinski definition) is 1. The monoisotopic (exact) mass is 375 g/mol. The molecule has 8 nitrogen and oxygen atoms in total. The van der Waals surface area contributed by atoms with Crippen LogP contribution in [0.5, 0.6) is 0 Å². The summed E-state index contributed by atoms with van der Waals surface area (Å²) in [5.41, 5.74) is 5.47. The molecule has 3 rings (SSSR count). The van der Waals surface area contributed by atoms with Gasteiger partial charge >= 0.3 is 0 Å². The number of aromatic nitrogens is 4. The van der Waals surface area contributed by atoms with Gasteiger partial charge in [0.2, 0.25) is 0 Å². The van der Waals surface area contributed by atoms with Gasteiger partial charge < -0.3 is 14.8 Å². The van der Waals surface area contributed by atoms with Gasteiger partial charge in [-0.15, -0.1) is 0 Å². The summed E-state index contributed by atoms with van der Waals surface area (Å²) < 4.78 is 14.7. The van der Waals surface area contributed by atoms with E-state index in [9.17, 15) is 4.79 Å². The highest BCUT2D eigenvalue weighted by Crippen LogP contribution is 2.31. The molecule has 2 aromatic rings. The molecule has 0 aromatic carbocycles. The summed E-state index contributed by atoms with van der Waals surface area (Å²) in [6.45, 7) is 9.72. The number of carbonyl (C=O) groups is 1. The molecule has 1 N–H and O–H groups in total. The van der Waals surface area contributed by atoms with Crippen molar-refractivity contribution in [2.24, 2.45) is 7.05 Å². The molecule has 1 amide bonds. The van der Waals surface area contributed by atoms with Crippen LogP contribution in [0.1, 0.15) is 58.6 Å². The van der Waals surface area contributed by atoms with Gasteiger partial charge in [-0.3, -0.25) is 14.2 Å². The predicted octanol–water partition coefficient (Wildman–Crippen LogP) is 1.83. The van der Waals surface area contributed by atoms with Crippen LogP contribution in [0, 0.1) is 13.8 Å². The first kappa shape index (κ1) is 19.6. The number of aryl methyl sites for hydroxylation is 2. The van der Waals surface area contributed by atoms with Crippen LogP contribution >= 0.6 is 0 Å². The summed E-state index contributed by atoms with van der Waals surface area (Å²) in [4.78, 5) is 12.8. The van der Waals surface area contributed by atoms with Crippen molar-refractivity contribution < 1.29 is 14.3 Å². The van der Waals surface area contributed by atoms with Crippen LogP contribution in [0.3, 0.4) is 0 Å². The minimum atomic E-state index is -0.156. The number of ether oxygens (including phenoxy) is 2. The largest absolute Gasteiger partial charge is 0.383 e. The lowest BCUT2D eigenvalue weighted by Crippen LogP contribution is -2.27. The van der Waals surface area contributed by atoms with Crippen LogP contribution in [0.4, 0.5) is 0 Å². The normalized spacial score (nSPS) is 19.2. The van der Waals surface area contributed by atoms with E-state index in [-0.39, 0.29) is 18.1 Å². The van der Waals surface area contributed by atoms with Gasteiger partial charge in [0, 0.05) is 43.9 Å². The third kappa shape index (κ3) is 3.77. The molecule has 0 unspecified atom stereocenters. The number of nitrogens with one attached hydrogen (secondary N) is 1. The number of amides is 1. The van der Waals surface area contributed by atoms with Gasteiger partial charge in [-0.1, -0.05) is 0 Å². The Labute approximate surface area is 159 Å². The molecular weight excluding hydrogens is 346 g/mol. The van der Waals surface area contributed by atoms with Crippen molar-refractivity contribution in [1.82, 2.24) is 24.9 Å². The Kier molecular flexibility index (Phi) is 5.67. The van der Waals surface area contributed by atoms with Crippen LogP contribution in [0.15, 0.2) is 0 Å². The molecule has 2 aromatic heterocycles. The fourth-order valence-electron chi connectivity index (χ4n) is 3.86. The molecule has 27 heavy (non-hydrogen) atoms. The van der Waals surface area contributed by atoms with E-state index in [4.69, 9.17) is 9.47 Å². The van der Waals surface area contributed by atoms with Gasteiger partial charge in [0.05, 0.1) is 36.7 Å². The highest BCUT2D eigenvalue weighted by atomic mass is 16.5. The van der Waals surface area contributed by atoms with Gasteiger partial charge in [0.15, 0.2) is 5.69 Å². The van der Waals surface area contributed by atoms with E-state index in [1.807, 2.05) is 39.4 Å². The van der Waals surface area contributed by atoms with E-state index in [1.165, 1.54) is 0 Å². The van der Waals surface area contributed by atoms with Gasteiger partial charge in [0.1, 0.15) is 0 Å². The van der Waals surface area contributed by atoms with Crippen molar-refractivity contribution in [3.05, 3.63) is 33.9 Å². The molecule has 0 saturated heterocycles. The van der Waals surface area contributed by atoms with Crippen LogP contribution in [0.2, 0.25) is 0 Å². The summed E-state index contributed by atoms with van der Waals surface area (Å²) >= 11 is 0. The highest BCUT2D eigenvalue weighted by molar-refractivity contribution is 5.94.